The molecule has 2 amide bonds. The number of rotatable bonds is 8. The highest BCUT2D eigenvalue weighted by molar-refractivity contribution is 5.93. The summed E-state index contributed by atoms with van der Waals surface area (Å²) in [6.07, 6.45) is 1.15. The van der Waals surface area contributed by atoms with Crippen LogP contribution >= 0.6 is 0 Å². The molecule has 1 atom stereocenters. The average molecular weight is 447 g/mol. The number of aryl methyl sites for hydroxylation is 1. The van der Waals surface area contributed by atoms with Crippen molar-refractivity contribution in [3.8, 4) is 11.5 Å². The first-order valence-electron chi connectivity index (χ1n) is 11.1. The average Bonchev–Trinajstić information content (AvgIpc) is 3.19. The maximum absolute atomic E-state index is 13.2. The zero-order valence-electron chi connectivity index (χ0n) is 18.9. The molecule has 0 aliphatic carbocycles. The van der Waals surface area contributed by atoms with E-state index in [0.29, 0.717) is 49.8 Å². The Labute approximate surface area is 187 Å². The lowest BCUT2D eigenvalue weighted by Gasteiger charge is -2.35. The van der Waals surface area contributed by atoms with Crippen molar-refractivity contribution in [1.29, 1.82) is 0 Å². The molecule has 1 N–H and O–H groups in total. The number of amides is 2. The van der Waals surface area contributed by atoms with E-state index in [1.807, 2.05) is 13.8 Å². The van der Waals surface area contributed by atoms with Gasteiger partial charge in [0.05, 0.1) is 12.3 Å². The van der Waals surface area contributed by atoms with Crippen LogP contribution in [0.3, 0.4) is 0 Å². The van der Waals surface area contributed by atoms with Gasteiger partial charge in [-0.1, -0.05) is 13.3 Å². The van der Waals surface area contributed by atoms with E-state index in [-0.39, 0.29) is 29.6 Å². The van der Waals surface area contributed by atoms with Gasteiger partial charge in [0.15, 0.2) is 0 Å². The molecule has 3 rings (SSSR count). The standard InChI is InChI=1S/C23H31FN4O4/c1-4-6-19-20(32-22(26-19)17-7-9-18(24)10-8-17)21(29)25-16(3)15-27-11-13-28(14-12-27)23(30)31-5-2/h7-10,16H,4-6,11-15H2,1-3H3,(H,25,29)/t16-/m1/s1. The fourth-order valence-electron chi connectivity index (χ4n) is 3.70. The molecule has 9 heteroatoms. The van der Waals surface area contributed by atoms with Crippen LogP contribution in [-0.2, 0) is 11.2 Å². The third kappa shape index (κ3) is 6.06. The number of carbonyl (C=O) groups is 2. The monoisotopic (exact) mass is 446 g/mol. The number of aromatic nitrogens is 1. The van der Waals surface area contributed by atoms with Gasteiger partial charge in [-0.15, -0.1) is 0 Å². The summed E-state index contributed by atoms with van der Waals surface area (Å²) in [6.45, 7) is 9.40. The predicted octanol–water partition coefficient (Wildman–Crippen LogP) is 3.33. The van der Waals surface area contributed by atoms with Crippen LogP contribution < -0.4 is 5.32 Å². The molecule has 1 aromatic carbocycles. The number of halogens is 1. The van der Waals surface area contributed by atoms with Crippen LogP contribution in [0.5, 0.6) is 0 Å². The van der Waals surface area contributed by atoms with E-state index in [2.05, 4.69) is 15.2 Å². The van der Waals surface area contributed by atoms with Gasteiger partial charge in [0, 0.05) is 44.3 Å². The van der Waals surface area contributed by atoms with Crippen molar-refractivity contribution in [3.63, 3.8) is 0 Å². The summed E-state index contributed by atoms with van der Waals surface area (Å²) in [5.74, 6) is -0.151. The lowest BCUT2D eigenvalue weighted by molar-refractivity contribution is 0.0757. The third-order valence-electron chi connectivity index (χ3n) is 5.29. The van der Waals surface area contributed by atoms with E-state index in [4.69, 9.17) is 9.15 Å². The topological polar surface area (TPSA) is 87.9 Å². The summed E-state index contributed by atoms with van der Waals surface area (Å²) in [6, 6.07) is 5.71. The van der Waals surface area contributed by atoms with Crippen LogP contribution in [0, 0.1) is 5.82 Å². The lowest BCUT2D eigenvalue weighted by atomic mass is 10.2. The second-order valence-electron chi connectivity index (χ2n) is 7.91. The molecule has 1 saturated heterocycles. The summed E-state index contributed by atoms with van der Waals surface area (Å²) in [5.41, 5.74) is 1.22. The molecular weight excluding hydrogens is 415 g/mol. The van der Waals surface area contributed by atoms with Crippen LogP contribution in [-0.4, -0.2) is 72.2 Å². The molecule has 0 radical (unpaired) electrons. The number of hydrogen-bond donors (Lipinski definition) is 1. The number of carbonyl (C=O) groups excluding carboxylic acids is 2. The number of nitrogens with zero attached hydrogens (tertiary/aromatic N) is 3. The Kier molecular flexibility index (Phi) is 8.21. The Hall–Kier alpha value is -2.94. The van der Waals surface area contributed by atoms with Gasteiger partial charge in [-0.3, -0.25) is 9.69 Å². The molecule has 8 nitrogen and oxygen atoms in total. The van der Waals surface area contributed by atoms with Gasteiger partial charge in [-0.25, -0.2) is 14.2 Å². The Morgan fingerprint density at radius 3 is 2.50 bits per heavy atom. The molecule has 0 unspecified atom stereocenters. The van der Waals surface area contributed by atoms with Gasteiger partial charge < -0.3 is 19.4 Å². The second-order valence-corrected chi connectivity index (χ2v) is 7.91. The number of oxazole rings is 1. The SMILES string of the molecule is CCCc1nc(-c2ccc(F)cc2)oc1C(=O)N[C@H](C)CN1CCN(C(=O)OCC)CC1. The summed E-state index contributed by atoms with van der Waals surface area (Å²) in [5, 5.41) is 2.99. The predicted molar refractivity (Wildman–Crippen MR) is 118 cm³/mol. The van der Waals surface area contributed by atoms with E-state index in [1.54, 1.807) is 24.0 Å². The van der Waals surface area contributed by atoms with Crippen LogP contribution in [0.15, 0.2) is 28.7 Å². The molecule has 1 aromatic heterocycles. The maximum atomic E-state index is 13.2. The first-order chi connectivity index (χ1) is 15.4. The van der Waals surface area contributed by atoms with Gasteiger partial charge in [-0.2, -0.15) is 0 Å². The summed E-state index contributed by atoms with van der Waals surface area (Å²) >= 11 is 0. The van der Waals surface area contributed by atoms with Gasteiger partial charge >= 0.3 is 6.09 Å². The quantitative estimate of drug-likeness (QED) is 0.669. The van der Waals surface area contributed by atoms with Gasteiger partial charge in [0.2, 0.25) is 11.7 Å². The number of ether oxygens (including phenoxy) is 1. The van der Waals surface area contributed by atoms with Crippen molar-refractivity contribution >= 4 is 12.0 Å². The van der Waals surface area contributed by atoms with Crippen molar-refractivity contribution in [2.75, 3.05) is 39.3 Å². The number of benzene rings is 1. The Morgan fingerprint density at radius 2 is 1.88 bits per heavy atom. The molecule has 32 heavy (non-hydrogen) atoms. The van der Waals surface area contributed by atoms with Gasteiger partial charge in [-0.05, 0) is 44.5 Å². The molecule has 2 aromatic rings. The van der Waals surface area contributed by atoms with E-state index in [0.717, 1.165) is 19.5 Å². The molecule has 174 valence electrons. The molecule has 1 aliphatic heterocycles. The van der Waals surface area contributed by atoms with E-state index in [1.165, 1.54) is 12.1 Å². The van der Waals surface area contributed by atoms with Gasteiger partial charge in [0.1, 0.15) is 5.82 Å². The summed E-state index contributed by atoms with van der Waals surface area (Å²) < 4.78 is 24.1. The Balaban J connectivity index is 1.59. The fraction of sp³-hybridized carbons (Fsp3) is 0.522. The Bertz CT molecular complexity index is 907. The number of hydrogen-bond acceptors (Lipinski definition) is 6. The van der Waals surface area contributed by atoms with Crippen molar-refractivity contribution in [2.24, 2.45) is 0 Å². The highest BCUT2D eigenvalue weighted by Gasteiger charge is 2.25. The minimum absolute atomic E-state index is 0.120. The normalized spacial score (nSPS) is 15.4. The van der Waals surface area contributed by atoms with Crippen molar-refractivity contribution in [3.05, 3.63) is 41.5 Å². The largest absolute Gasteiger partial charge is 0.450 e. The first kappa shape index (κ1) is 23.7. The van der Waals surface area contributed by atoms with E-state index in [9.17, 15) is 14.0 Å². The molecule has 1 aliphatic rings. The van der Waals surface area contributed by atoms with E-state index < -0.39 is 0 Å². The molecule has 0 spiro atoms. The smallest absolute Gasteiger partial charge is 0.409 e. The summed E-state index contributed by atoms with van der Waals surface area (Å²) in [7, 11) is 0. The molecule has 1 fully saturated rings. The van der Waals surface area contributed by atoms with Crippen molar-refractivity contribution < 1.29 is 23.1 Å². The van der Waals surface area contributed by atoms with Crippen LogP contribution in [0.4, 0.5) is 9.18 Å². The molecule has 0 saturated carbocycles. The third-order valence-corrected chi connectivity index (χ3v) is 5.29. The minimum Gasteiger partial charge on any atom is -0.450 e. The number of piperazine rings is 1. The zero-order chi connectivity index (χ0) is 23.1. The van der Waals surface area contributed by atoms with Crippen LogP contribution in [0.25, 0.3) is 11.5 Å². The van der Waals surface area contributed by atoms with Crippen molar-refractivity contribution in [2.45, 2.75) is 39.7 Å². The second kappa shape index (κ2) is 11.1. The van der Waals surface area contributed by atoms with E-state index >= 15 is 0 Å². The molecule has 0 bridgehead atoms. The number of nitrogens with one attached hydrogen (secondary N) is 1. The first-order valence-corrected chi connectivity index (χ1v) is 11.1. The minimum atomic E-state index is -0.344. The highest BCUT2D eigenvalue weighted by atomic mass is 19.1. The highest BCUT2D eigenvalue weighted by Crippen LogP contribution is 2.23. The van der Waals surface area contributed by atoms with Crippen LogP contribution in [0.2, 0.25) is 0 Å². The zero-order valence-corrected chi connectivity index (χ0v) is 18.9. The van der Waals surface area contributed by atoms with Crippen LogP contribution in [0.1, 0.15) is 43.4 Å². The lowest BCUT2D eigenvalue weighted by Crippen LogP contribution is -2.52. The van der Waals surface area contributed by atoms with Crippen molar-refractivity contribution in [1.82, 2.24) is 20.1 Å². The maximum Gasteiger partial charge on any atom is 0.409 e. The molecule has 2 heterocycles. The fourth-order valence-corrected chi connectivity index (χ4v) is 3.70. The Morgan fingerprint density at radius 1 is 1.19 bits per heavy atom. The van der Waals surface area contributed by atoms with Gasteiger partial charge in [0.25, 0.3) is 5.91 Å². The molecular formula is C23H31FN4O4. The summed E-state index contributed by atoms with van der Waals surface area (Å²) in [4.78, 5) is 33.1.